The standard InChI is InChI=1S/C18H13ClN4O8S2/c1-12-18(10-13(19)11-20-12)23(32(28,29)16-6-2-14(3-7-16)21(24)25)33(30,31)17-8-4-15(5-9-17)22(26)27/h2-11H,1H3. The predicted molar refractivity (Wildman–Crippen MR) is 117 cm³/mol. The summed E-state index contributed by atoms with van der Waals surface area (Å²) in [6.45, 7) is 1.36. The SMILES string of the molecule is Cc1ncc(Cl)cc1N(S(=O)(=O)c1ccc([N+](=O)[O-])cc1)S(=O)(=O)c1ccc([N+](=O)[O-])cc1. The van der Waals surface area contributed by atoms with Gasteiger partial charge in [-0.25, -0.2) is 16.8 Å². The molecule has 0 saturated carbocycles. The van der Waals surface area contributed by atoms with E-state index in [1.54, 1.807) is 0 Å². The van der Waals surface area contributed by atoms with Gasteiger partial charge in [0.05, 0.1) is 36.0 Å². The lowest BCUT2D eigenvalue weighted by Crippen LogP contribution is -2.37. The first-order chi connectivity index (χ1) is 15.4. The molecule has 0 atom stereocenters. The molecule has 0 N–H and O–H groups in total. The van der Waals surface area contributed by atoms with Gasteiger partial charge in [0.15, 0.2) is 0 Å². The lowest BCUT2D eigenvalue weighted by molar-refractivity contribution is -0.385. The number of aryl methyl sites for hydroxylation is 1. The maximum absolute atomic E-state index is 13.5. The minimum absolute atomic E-state index is 0.00428. The first-order valence-corrected chi connectivity index (χ1v) is 12.0. The Labute approximate surface area is 192 Å². The Morgan fingerprint density at radius 3 is 1.58 bits per heavy atom. The molecule has 0 radical (unpaired) electrons. The van der Waals surface area contributed by atoms with Crippen molar-refractivity contribution < 1.29 is 26.7 Å². The van der Waals surface area contributed by atoms with E-state index in [4.69, 9.17) is 11.6 Å². The first kappa shape index (κ1) is 24.0. The molecular weight excluding hydrogens is 500 g/mol. The summed E-state index contributed by atoms with van der Waals surface area (Å²) in [7, 11) is -9.76. The van der Waals surface area contributed by atoms with Gasteiger partial charge in [-0.2, -0.15) is 3.71 Å². The molecule has 3 rings (SSSR count). The van der Waals surface area contributed by atoms with Gasteiger partial charge in [0, 0.05) is 30.5 Å². The Balaban J connectivity index is 2.27. The molecule has 0 aliphatic rings. The molecule has 0 spiro atoms. The molecule has 2 aromatic carbocycles. The number of benzene rings is 2. The molecule has 33 heavy (non-hydrogen) atoms. The highest BCUT2D eigenvalue weighted by atomic mass is 35.5. The van der Waals surface area contributed by atoms with Gasteiger partial charge >= 0.3 is 0 Å². The zero-order valence-electron chi connectivity index (χ0n) is 16.5. The number of sulfonamides is 2. The van der Waals surface area contributed by atoms with Crippen molar-refractivity contribution in [2.24, 2.45) is 0 Å². The summed E-state index contributed by atoms with van der Waals surface area (Å²) in [4.78, 5) is 23.1. The summed E-state index contributed by atoms with van der Waals surface area (Å²) in [6.07, 6.45) is 1.19. The van der Waals surface area contributed by atoms with Crippen molar-refractivity contribution in [2.75, 3.05) is 3.71 Å². The molecule has 0 bridgehead atoms. The topological polar surface area (TPSA) is 171 Å². The van der Waals surface area contributed by atoms with Crippen LogP contribution in [-0.2, 0) is 20.0 Å². The lowest BCUT2D eigenvalue weighted by atomic mass is 10.3. The highest BCUT2D eigenvalue weighted by molar-refractivity contribution is 8.10. The quantitative estimate of drug-likeness (QED) is 0.339. The van der Waals surface area contributed by atoms with E-state index in [-0.39, 0.29) is 20.1 Å². The fourth-order valence-electron chi connectivity index (χ4n) is 2.74. The molecule has 12 nitrogen and oxygen atoms in total. The fraction of sp³-hybridized carbons (Fsp3) is 0.0556. The molecule has 3 aromatic rings. The van der Waals surface area contributed by atoms with Crippen molar-refractivity contribution in [3.8, 4) is 0 Å². The number of aromatic nitrogens is 1. The molecule has 0 fully saturated rings. The number of halogens is 1. The second-order valence-corrected chi connectivity index (χ2v) is 10.7. The second kappa shape index (κ2) is 8.73. The molecule has 0 aliphatic heterocycles. The third-order valence-electron chi connectivity index (χ3n) is 4.35. The summed E-state index contributed by atoms with van der Waals surface area (Å²) < 4.78 is 54.0. The van der Waals surface area contributed by atoms with Crippen molar-refractivity contribution in [2.45, 2.75) is 16.7 Å². The zero-order valence-corrected chi connectivity index (χ0v) is 18.9. The normalized spacial score (nSPS) is 11.7. The van der Waals surface area contributed by atoms with Crippen LogP contribution in [0.3, 0.4) is 0 Å². The van der Waals surface area contributed by atoms with E-state index in [0.717, 1.165) is 54.6 Å². The maximum Gasteiger partial charge on any atom is 0.277 e. The van der Waals surface area contributed by atoms with Crippen LogP contribution >= 0.6 is 11.6 Å². The summed E-state index contributed by atoms with van der Waals surface area (Å²) >= 11 is 5.94. The fourth-order valence-corrected chi connectivity index (χ4v) is 6.67. The second-order valence-electron chi connectivity index (χ2n) is 6.47. The van der Waals surface area contributed by atoms with Crippen LogP contribution in [0.1, 0.15) is 5.69 Å². The molecule has 0 aliphatic carbocycles. The monoisotopic (exact) mass is 512 g/mol. The van der Waals surface area contributed by atoms with Crippen molar-refractivity contribution in [1.29, 1.82) is 0 Å². The number of nitrogens with zero attached hydrogens (tertiary/aromatic N) is 4. The van der Waals surface area contributed by atoms with Gasteiger partial charge in [-0.15, -0.1) is 0 Å². The van der Waals surface area contributed by atoms with E-state index < -0.39 is 51.1 Å². The van der Waals surface area contributed by atoms with Gasteiger partial charge in [-0.1, -0.05) is 11.6 Å². The Hall–Kier alpha value is -3.62. The molecule has 0 amide bonds. The largest absolute Gasteiger partial charge is 0.277 e. The minimum Gasteiger partial charge on any atom is -0.258 e. The number of nitro groups is 2. The molecule has 1 aromatic heterocycles. The molecule has 172 valence electrons. The minimum atomic E-state index is -4.88. The number of hydrogen-bond acceptors (Lipinski definition) is 9. The molecule has 0 saturated heterocycles. The Bertz CT molecular complexity index is 1370. The van der Waals surface area contributed by atoms with Crippen LogP contribution in [0.25, 0.3) is 0 Å². The van der Waals surface area contributed by atoms with Gasteiger partial charge in [-0.05, 0) is 37.3 Å². The number of anilines is 1. The molecule has 0 unspecified atom stereocenters. The van der Waals surface area contributed by atoms with Crippen LogP contribution in [0.5, 0.6) is 0 Å². The lowest BCUT2D eigenvalue weighted by Gasteiger charge is -2.25. The predicted octanol–water partition coefficient (Wildman–Crippen LogP) is 3.44. The van der Waals surface area contributed by atoms with Gasteiger partial charge < -0.3 is 0 Å². The summed E-state index contributed by atoms with van der Waals surface area (Å²) in [5.41, 5.74) is -1.20. The number of hydrogen-bond donors (Lipinski definition) is 0. The number of rotatable bonds is 7. The third-order valence-corrected chi connectivity index (χ3v) is 8.74. The van der Waals surface area contributed by atoms with Crippen molar-refractivity contribution in [1.82, 2.24) is 4.98 Å². The van der Waals surface area contributed by atoms with E-state index in [1.165, 1.54) is 13.1 Å². The van der Waals surface area contributed by atoms with E-state index in [9.17, 15) is 37.1 Å². The molecule has 1 heterocycles. The Morgan fingerprint density at radius 2 is 1.21 bits per heavy atom. The van der Waals surface area contributed by atoms with Crippen LogP contribution < -0.4 is 3.71 Å². The average Bonchev–Trinajstić information content (AvgIpc) is 2.76. The number of nitro benzene ring substituents is 2. The van der Waals surface area contributed by atoms with Crippen LogP contribution in [0.15, 0.2) is 70.6 Å². The average molecular weight is 513 g/mol. The van der Waals surface area contributed by atoms with Crippen molar-refractivity contribution in [3.63, 3.8) is 0 Å². The molecule has 15 heteroatoms. The van der Waals surface area contributed by atoms with E-state index in [1.807, 2.05) is 0 Å². The Kier molecular flexibility index (Phi) is 6.35. The van der Waals surface area contributed by atoms with Crippen molar-refractivity contribution >= 4 is 48.7 Å². The number of non-ortho nitro benzene ring substituents is 2. The summed E-state index contributed by atoms with van der Waals surface area (Å²) in [5, 5.41) is 21.7. The van der Waals surface area contributed by atoms with Gasteiger partial charge in [0.1, 0.15) is 0 Å². The zero-order chi connectivity index (χ0) is 24.6. The van der Waals surface area contributed by atoms with Crippen molar-refractivity contribution in [3.05, 3.63) is 91.7 Å². The van der Waals surface area contributed by atoms with E-state index >= 15 is 0 Å². The van der Waals surface area contributed by atoms with E-state index in [2.05, 4.69) is 4.98 Å². The first-order valence-electron chi connectivity index (χ1n) is 8.77. The van der Waals surface area contributed by atoms with Gasteiger partial charge in [-0.3, -0.25) is 25.2 Å². The summed E-state index contributed by atoms with van der Waals surface area (Å²) in [6, 6.07) is 8.27. The van der Waals surface area contributed by atoms with Gasteiger partial charge in [0.2, 0.25) is 0 Å². The Morgan fingerprint density at radius 1 is 0.818 bits per heavy atom. The third kappa shape index (κ3) is 4.62. The smallest absolute Gasteiger partial charge is 0.258 e. The van der Waals surface area contributed by atoms with Crippen LogP contribution in [-0.4, -0.2) is 31.7 Å². The van der Waals surface area contributed by atoms with Crippen LogP contribution in [0, 0.1) is 27.2 Å². The number of pyridine rings is 1. The maximum atomic E-state index is 13.5. The summed E-state index contributed by atoms with van der Waals surface area (Å²) in [5.74, 6) is 0. The van der Waals surface area contributed by atoms with Crippen LogP contribution in [0.4, 0.5) is 17.1 Å². The van der Waals surface area contributed by atoms with Crippen LogP contribution in [0.2, 0.25) is 5.02 Å². The van der Waals surface area contributed by atoms with E-state index in [0.29, 0.717) is 0 Å². The highest BCUT2D eigenvalue weighted by Crippen LogP contribution is 2.34. The van der Waals surface area contributed by atoms with Gasteiger partial charge in [0.25, 0.3) is 31.4 Å². The molecular formula is C18H13ClN4O8S2. The highest BCUT2D eigenvalue weighted by Gasteiger charge is 2.38.